The molecule has 0 aliphatic carbocycles. The number of anilines is 1. The first-order valence-electron chi connectivity index (χ1n) is 8.25. The number of amides is 3. The second-order valence-corrected chi connectivity index (χ2v) is 8.49. The van der Waals surface area contributed by atoms with Crippen LogP contribution in [0.1, 0.15) is 27.2 Å². The van der Waals surface area contributed by atoms with Crippen LogP contribution >= 0.6 is 23.5 Å². The Hall–Kier alpha value is -1.41. The summed E-state index contributed by atoms with van der Waals surface area (Å²) in [7, 11) is -3.88. The van der Waals surface area contributed by atoms with Gasteiger partial charge in [0.15, 0.2) is 0 Å². The number of nitrogens with one attached hydrogen (secondary N) is 3. The van der Waals surface area contributed by atoms with Gasteiger partial charge in [0, 0.05) is 10.2 Å². The smallest absolute Gasteiger partial charge is 0.343 e. The van der Waals surface area contributed by atoms with E-state index in [-0.39, 0.29) is 12.5 Å². The van der Waals surface area contributed by atoms with Gasteiger partial charge in [0.2, 0.25) is 5.91 Å². The largest absolute Gasteiger partial charge is 0.347 e. The van der Waals surface area contributed by atoms with Gasteiger partial charge < -0.3 is 25.4 Å². The third-order valence-electron chi connectivity index (χ3n) is 3.67. The number of carbonyl (C=O) groups is 2. The van der Waals surface area contributed by atoms with E-state index in [4.69, 9.17) is 4.52 Å². The van der Waals surface area contributed by atoms with Gasteiger partial charge in [0.05, 0.1) is 6.61 Å². The van der Waals surface area contributed by atoms with E-state index in [0.717, 1.165) is 4.47 Å². The molecule has 0 aliphatic rings. The number of hydrogen-bond donors (Lipinski definition) is 4. The average Bonchev–Trinajstić information content (AvgIpc) is 2.59. The summed E-state index contributed by atoms with van der Waals surface area (Å²) in [6, 6.07) is 5.60. The number of rotatable bonds is 9. The Morgan fingerprint density at radius 2 is 1.88 bits per heavy atom. The third kappa shape index (κ3) is 7.86. The molecule has 10 heteroatoms. The van der Waals surface area contributed by atoms with Gasteiger partial charge in [-0.2, -0.15) is 0 Å². The maximum Gasteiger partial charge on any atom is 0.347 e. The van der Waals surface area contributed by atoms with Crippen molar-refractivity contribution in [2.45, 2.75) is 33.2 Å². The molecule has 3 atom stereocenters. The molecule has 26 heavy (non-hydrogen) atoms. The van der Waals surface area contributed by atoms with Gasteiger partial charge in [-0.25, -0.2) is 4.79 Å². The summed E-state index contributed by atoms with van der Waals surface area (Å²) >= 11 is 3.31. The van der Waals surface area contributed by atoms with Crippen molar-refractivity contribution in [2.75, 3.05) is 18.2 Å². The second kappa shape index (κ2) is 10.7. The summed E-state index contributed by atoms with van der Waals surface area (Å²) in [4.78, 5) is 34.1. The lowest BCUT2D eigenvalue weighted by Crippen LogP contribution is -2.51. The molecule has 0 fully saturated rings. The number of carbonyl (C=O) groups excluding carboxylic acids is 2. The van der Waals surface area contributed by atoms with Gasteiger partial charge in [-0.05, 0) is 37.1 Å². The summed E-state index contributed by atoms with van der Waals surface area (Å²) in [5.41, 5.74) is 0.574. The Balaban J connectivity index is 2.70. The van der Waals surface area contributed by atoms with Gasteiger partial charge in [0.25, 0.3) is 0 Å². The first kappa shape index (κ1) is 22.6. The molecular weight excluding hydrogens is 425 g/mol. The monoisotopic (exact) mass is 449 g/mol. The highest BCUT2D eigenvalue weighted by Gasteiger charge is 2.28. The summed E-state index contributed by atoms with van der Waals surface area (Å²) in [6.45, 7) is 5.34. The Morgan fingerprint density at radius 1 is 1.27 bits per heavy atom. The molecule has 0 saturated carbocycles. The van der Waals surface area contributed by atoms with Crippen LogP contribution in [0.4, 0.5) is 10.5 Å². The van der Waals surface area contributed by atoms with E-state index >= 15 is 0 Å². The molecule has 1 rings (SSSR count). The summed E-state index contributed by atoms with van der Waals surface area (Å²) < 4.78 is 17.3. The van der Waals surface area contributed by atoms with Crippen molar-refractivity contribution in [3.8, 4) is 0 Å². The fraction of sp³-hybridized carbons (Fsp3) is 0.500. The lowest BCUT2D eigenvalue weighted by Gasteiger charge is -2.24. The van der Waals surface area contributed by atoms with Crippen LogP contribution in [0, 0.1) is 5.92 Å². The summed E-state index contributed by atoms with van der Waals surface area (Å²) in [5.74, 6) is -0.713. The maximum atomic E-state index is 12.4. The highest BCUT2D eigenvalue weighted by Crippen LogP contribution is 2.39. The van der Waals surface area contributed by atoms with Gasteiger partial charge in [-0.1, -0.05) is 36.2 Å². The summed E-state index contributed by atoms with van der Waals surface area (Å²) in [6.07, 6.45) is 0.127. The predicted molar refractivity (Wildman–Crippen MR) is 104 cm³/mol. The van der Waals surface area contributed by atoms with E-state index < -0.39 is 31.9 Å². The molecule has 0 aliphatic heterocycles. The van der Waals surface area contributed by atoms with E-state index in [2.05, 4.69) is 31.9 Å². The molecule has 8 nitrogen and oxygen atoms in total. The SMILES string of the molecule is CCOP(=O)(O)CNC(=O)[C@@H](NC(=O)Nc1ccc(Br)cc1)[C@@H](C)CC. The van der Waals surface area contributed by atoms with Gasteiger partial charge in [0.1, 0.15) is 12.3 Å². The highest BCUT2D eigenvalue weighted by atomic mass is 79.9. The number of benzene rings is 1. The van der Waals surface area contributed by atoms with Gasteiger partial charge in [-0.3, -0.25) is 9.36 Å². The van der Waals surface area contributed by atoms with Crippen LogP contribution in [0.15, 0.2) is 28.7 Å². The van der Waals surface area contributed by atoms with Crippen molar-refractivity contribution in [3.63, 3.8) is 0 Å². The van der Waals surface area contributed by atoms with Crippen molar-refractivity contribution in [1.29, 1.82) is 0 Å². The van der Waals surface area contributed by atoms with Crippen LogP contribution in [0.2, 0.25) is 0 Å². The second-order valence-electron chi connectivity index (χ2n) is 5.72. The van der Waals surface area contributed by atoms with Crippen LogP contribution in [-0.2, 0) is 13.9 Å². The third-order valence-corrected chi connectivity index (χ3v) is 5.42. The molecule has 0 saturated heterocycles. The van der Waals surface area contributed by atoms with E-state index in [1.165, 1.54) is 0 Å². The Bertz CT molecular complexity index is 656. The van der Waals surface area contributed by atoms with E-state index in [1.54, 1.807) is 31.2 Å². The Labute approximate surface area is 161 Å². The van der Waals surface area contributed by atoms with E-state index in [0.29, 0.717) is 12.1 Å². The Kier molecular flexibility index (Phi) is 9.29. The molecule has 0 heterocycles. The van der Waals surface area contributed by atoms with Crippen LogP contribution in [0.3, 0.4) is 0 Å². The minimum Gasteiger partial charge on any atom is -0.343 e. The minimum absolute atomic E-state index is 0.0618. The molecule has 0 radical (unpaired) electrons. The van der Waals surface area contributed by atoms with Crippen LogP contribution in [0.5, 0.6) is 0 Å². The predicted octanol–water partition coefficient (Wildman–Crippen LogP) is 3.28. The minimum atomic E-state index is -3.88. The van der Waals surface area contributed by atoms with Crippen LogP contribution in [0.25, 0.3) is 0 Å². The molecule has 3 amide bonds. The molecule has 0 aromatic heterocycles. The van der Waals surface area contributed by atoms with Crippen molar-refractivity contribution in [1.82, 2.24) is 10.6 Å². The molecule has 1 aromatic carbocycles. The quantitative estimate of drug-likeness (QED) is 0.431. The van der Waals surface area contributed by atoms with Crippen molar-refractivity contribution in [3.05, 3.63) is 28.7 Å². The van der Waals surface area contributed by atoms with Crippen molar-refractivity contribution >= 4 is 41.2 Å². The number of halogens is 1. The normalized spacial score (nSPS) is 15.4. The zero-order chi connectivity index (χ0) is 19.7. The fourth-order valence-corrected chi connectivity index (χ4v) is 3.19. The van der Waals surface area contributed by atoms with Crippen molar-refractivity contribution in [2.24, 2.45) is 5.92 Å². The molecule has 1 aromatic rings. The summed E-state index contributed by atoms with van der Waals surface area (Å²) in [5, 5.41) is 7.63. The standard InChI is InChI=1S/C16H25BrN3O5P/c1-4-11(3)14(15(21)18-10-26(23,24)25-5-2)20-16(22)19-13-8-6-12(17)7-9-13/h6-9,11,14H,4-5,10H2,1-3H3,(H,18,21)(H,23,24)(H2,19,20,22)/t11-,14-/m0/s1. The topological polar surface area (TPSA) is 117 Å². The van der Waals surface area contributed by atoms with E-state index in [9.17, 15) is 19.0 Å². The fourth-order valence-electron chi connectivity index (χ4n) is 2.08. The molecule has 4 N–H and O–H groups in total. The zero-order valence-electron chi connectivity index (χ0n) is 15.0. The van der Waals surface area contributed by atoms with Gasteiger partial charge >= 0.3 is 13.6 Å². The van der Waals surface area contributed by atoms with E-state index in [1.807, 2.05) is 13.8 Å². The first-order valence-corrected chi connectivity index (χ1v) is 10.8. The molecule has 146 valence electrons. The van der Waals surface area contributed by atoms with Gasteiger partial charge in [-0.15, -0.1) is 0 Å². The first-order chi connectivity index (χ1) is 12.2. The average molecular weight is 450 g/mol. The lowest BCUT2D eigenvalue weighted by atomic mass is 9.98. The lowest BCUT2D eigenvalue weighted by molar-refractivity contribution is -0.123. The maximum absolute atomic E-state index is 12.4. The Morgan fingerprint density at radius 3 is 2.42 bits per heavy atom. The molecule has 0 bridgehead atoms. The molecule has 1 unspecified atom stereocenters. The van der Waals surface area contributed by atoms with Crippen LogP contribution in [-0.4, -0.2) is 35.8 Å². The molecule has 0 spiro atoms. The number of hydrogen-bond acceptors (Lipinski definition) is 4. The van der Waals surface area contributed by atoms with Crippen LogP contribution < -0.4 is 16.0 Å². The number of urea groups is 1. The zero-order valence-corrected chi connectivity index (χ0v) is 17.5. The highest BCUT2D eigenvalue weighted by molar-refractivity contribution is 9.10. The van der Waals surface area contributed by atoms with Crippen molar-refractivity contribution < 1.29 is 23.6 Å². The molecular formula is C16H25BrN3O5P.